The van der Waals surface area contributed by atoms with E-state index in [0.717, 1.165) is 11.1 Å². The van der Waals surface area contributed by atoms with Crippen LogP contribution in [-0.2, 0) is 14.3 Å². The Balaban J connectivity index is 3.28. The first-order valence-electron chi connectivity index (χ1n) is 10.4. The van der Waals surface area contributed by atoms with Crippen LogP contribution in [0, 0.1) is 13.8 Å². The van der Waals surface area contributed by atoms with E-state index in [0.29, 0.717) is 5.56 Å². The number of alkyl carbamates (subject to hydrolysis) is 1. The van der Waals surface area contributed by atoms with Crippen LogP contribution in [0.3, 0.4) is 0 Å². The highest BCUT2D eigenvalue weighted by atomic mass is 16.6. The summed E-state index contributed by atoms with van der Waals surface area (Å²) >= 11 is 0. The van der Waals surface area contributed by atoms with Crippen molar-refractivity contribution in [1.29, 1.82) is 0 Å². The minimum atomic E-state index is -0.958. The SMILES string of the molecule is Cc1cccc(C)c1C(C(=O)NC(C)(C)C)N(CCO)C(=O)CNC(=O)OC(C)(C)C. The lowest BCUT2D eigenvalue weighted by Crippen LogP contribution is -2.52. The van der Waals surface area contributed by atoms with Gasteiger partial charge in [-0.2, -0.15) is 0 Å². The minimum Gasteiger partial charge on any atom is -0.444 e. The molecule has 0 spiro atoms. The van der Waals surface area contributed by atoms with E-state index in [-0.39, 0.29) is 25.6 Å². The smallest absolute Gasteiger partial charge is 0.408 e. The number of aliphatic hydroxyl groups excluding tert-OH is 1. The predicted molar refractivity (Wildman–Crippen MR) is 120 cm³/mol. The molecule has 1 aromatic carbocycles. The molecule has 0 aromatic heterocycles. The van der Waals surface area contributed by atoms with Gasteiger partial charge in [0.05, 0.1) is 6.61 Å². The van der Waals surface area contributed by atoms with E-state index in [9.17, 15) is 19.5 Å². The second-order valence-electron chi connectivity index (χ2n) is 9.61. The summed E-state index contributed by atoms with van der Waals surface area (Å²) in [4.78, 5) is 39.7. The topological polar surface area (TPSA) is 108 Å². The first kappa shape index (κ1) is 26.4. The molecule has 8 heteroatoms. The van der Waals surface area contributed by atoms with Gasteiger partial charge < -0.3 is 25.4 Å². The molecule has 0 saturated heterocycles. The first-order chi connectivity index (χ1) is 14.2. The normalized spacial score (nSPS) is 12.7. The van der Waals surface area contributed by atoms with Crippen LogP contribution in [0.5, 0.6) is 0 Å². The van der Waals surface area contributed by atoms with E-state index >= 15 is 0 Å². The maximum Gasteiger partial charge on any atom is 0.408 e. The van der Waals surface area contributed by atoms with Gasteiger partial charge >= 0.3 is 6.09 Å². The van der Waals surface area contributed by atoms with Gasteiger partial charge in [-0.3, -0.25) is 9.59 Å². The average molecular weight is 436 g/mol. The van der Waals surface area contributed by atoms with Gasteiger partial charge in [-0.15, -0.1) is 0 Å². The van der Waals surface area contributed by atoms with E-state index in [4.69, 9.17) is 4.74 Å². The van der Waals surface area contributed by atoms with E-state index in [1.54, 1.807) is 20.8 Å². The van der Waals surface area contributed by atoms with Crippen molar-refractivity contribution in [3.8, 4) is 0 Å². The number of amides is 3. The zero-order valence-corrected chi connectivity index (χ0v) is 20.0. The lowest BCUT2D eigenvalue weighted by atomic mass is 9.93. The number of hydrogen-bond acceptors (Lipinski definition) is 5. The quantitative estimate of drug-likeness (QED) is 0.610. The van der Waals surface area contributed by atoms with Gasteiger partial charge in [-0.05, 0) is 72.1 Å². The van der Waals surface area contributed by atoms with Gasteiger partial charge in [-0.1, -0.05) is 18.2 Å². The Morgan fingerprint density at radius 1 is 1.06 bits per heavy atom. The Morgan fingerprint density at radius 3 is 2.06 bits per heavy atom. The summed E-state index contributed by atoms with van der Waals surface area (Å²) < 4.78 is 5.18. The fraction of sp³-hybridized carbons (Fsp3) is 0.609. The van der Waals surface area contributed by atoms with Gasteiger partial charge in [0.15, 0.2) is 0 Å². The molecule has 1 rings (SSSR count). The molecular weight excluding hydrogens is 398 g/mol. The van der Waals surface area contributed by atoms with Crippen molar-refractivity contribution in [2.45, 2.75) is 72.6 Å². The number of nitrogens with zero attached hydrogens (tertiary/aromatic N) is 1. The first-order valence-corrected chi connectivity index (χ1v) is 10.4. The second kappa shape index (κ2) is 10.6. The lowest BCUT2D eigenvalue weighted by Gasteiger charge is -2.35. The Labute approximate surface area is 185 Å². The van der Waals surface area contributed by atoms with Crippen molar-refractivity contribution in [2.24, 2.45) is 0 Å². The Hall–Kier alpha value is -2.61. The molecular formula is C23H37N3O5. The third-order valence-electron chi connectivity index (χ3n) is 4.32. The highest BCUT2D eigenvalue weighted by molar-refractivity contribution is 5.91. The largest absolute Gasteiger partial charge is 0.444 e. The molecule has 0 saturated carbocycles. The number of nitrogens with one attached hydrogen (secondary N) is 2. The van der Waals surface area contributed by atoms with Gasteiger partial charge in [0.2, 0.25) is 11.8 Å². The molecule has 0 radical (unpaired) electrons. The van der Waals surface area contributed by atoms with Crippen LogP contribution in [0.2, 0.25) is 0 Å². The zero-order chi connectivity index (χ0) is 24.0. The summed E-state index contributed by atoms with van der Waals surface area (Å²) in [6.45, 7) is 13.7. The van der Waals surface area contributed by atoms with Crippen molar-refractivity contribution in [1.82, 2.24) is 15.5 Å². The Kier molecular flexibility index (Phi) is 9.05. The van der Waals surface area contributed by atoms with Crippen molar-refractivity contribution < 1.29 is 24.2 Å². The fourth-order valence-electron chi connectivity index (χ4n) is 3.19. The summed E-state index contributed by atoms with van der Waals surface area (Å²) in [6.07, 6.45) is -0.729. The van der Waals surface area contributed by atoms with Crippen LogP contribution in [0.4, 0.5) is 4.79 Å². The number of carbonyl (C=O) groups is 3. The van der Waals surface area contributed by atoms with Crippen LogP contribution < -0.4 is 10.6 Å². The van der Waals surface area contributed by atoms with Crippen molar-refractivity contribution in [3.05, 3.63) is 34.9 Å². The Morgan fingerprint density at radius 2 is 1.61 bits per heavy atom. The van der Waals surface area contributed by atoms with Gasteiger partial charge in [-0.25, -0.2) is 4.79 Å². The van der Waals surface area contributed by atoms with E-state index < -0.39 is 29.2 Å². The van der Waals surface area contributed by atoms with Gasteiger partial charge in [0, 0.05) is 12.1 Å². The number of hydrogen-bond donors (Lipinski definition) is 3. The molecule has 0 fully saturated rings. The average Bonchev–Trinajstić information content (AvgIpc) is 2.58. The van der Waals surface area contributed by atoms with Crippen LogP contribution >= 0.6 is 0 Å². The monoisotopic (exact) mass is 435 g/mol. The van der Waals surface area contributed by atoms with Gasteiger partial charge in [0.1, 0.15) is 18.2 Å². The van der Waals surface area contributed by atoms with Crippen LogP contribution in [-0.4, -0.2) is 58.8 Å². The summed E-state index contributed by atoms with van der Waals surface area (Å²) in [5.74, 6) is -0.861. The Bertz CT molecular complexity index is 773. The summed E-state index contributed by atoms with van der Waals surface area (Å²) in [6, 6.07) is 4.68. The molecule has 0 bridgehead atoms. The molecule has 0 aliphatic rings. The second-order valence-corrected chi connectivity index (χ2v) is 9.61. The predicted octanol–water partition coefficient (Wildman–Crippen LogP) is 2.60. The lowest BCUT2D eigenvalue weighted by molar-refractivity contribution is -0.141. The van der Waals surface area contributed by atoms with Gasteiger partial charge in [0.25, 0.3) is 0 Å². The molecule has 174 valence electrons. The molecule has 8 nitrogen and oxygen atoms in total. The third-order valence-corrected chi connectivity index (χ3v) is 4.32. The van der Waals surface area contributed by atoms with E-state index in [2.05, 4.69) is 10.6 Å². The molecule has 1 aromatic rings. The third kappa shape index (κ3) is 8.57. The standard InChI is InChI=1S/C23H37N3O5/c1-15-10-9-11-16(2)18(15)19(20(29)25-22(3,4)5)26(12-13-27)17(28)14-24-21(30)31-23(6,7)8/h9-11,19,27H,12-14H2,1-8H3,(H,24,30)(H,25,29). The molecule has 31 heavy (non-hydrogen) atoms. The molecule has 3 N–H and O–H groups in total. The molecule has 0 heterocycles. The summed E-state index contributed by atoms with van der Waals surface area (Å²) in [5.41, 5.74) is 1.18. The number of aliphatic hydroxyl groups is 1. The number of rotatable bonds is 7. The minimum absolute atomic E-state index is 0.0646. The van der Waals surface area contributed by atoms with Crippen molar-refractivity contribution in [3.63, 3.8) is 0 Å². The molecule has 1 atom stereocenters. The van der Waals surface area contributed by atoms with Crippen molar-refractivity contribution in [2.75, 3.05) is 19.7 Å². The summed E-state index contributed by atoms with van der Waals surface area (Å²) in [5, 5.41) is 15.0. The highest BCUT2D eigenvalue weighted by Crippen LogP contribution is 2.28. The van der Waals surface area contributed by atoms with Crippen molar-refractivity contribution >= 4 is 17.9 Å². The number of aryl methyl sites for hydroxylation is 2. The van der Waals surface area contributed by atoms with Crippen LogP contribution in [0.1, 0.15) is 64.3 Å². The zero-order valence-electron chi connectivity index (χ0n) is 20.0. The molecule has 0 aliphatic carbocycles. The summed E-state index contributed by atoms with van der Waals surface area (Å²) in [7, 11) is 0. The van der Waals surface area contributed by atoms with E-state index in [1.165, 1.54) is 4.90 Å². The van der Waals surface area contributed by atoms with Crippen LogP contribution in [0.15, 0.2) is 18.2 Å². The van der Waals surface area contributed by atoms with Crippen LogP contribution in [0.25, 0.3) is 0 Å². The highest BCUT2D eigenvalue weighted by Gasteiger charge is 2.35. The number of ether oxygens (including phenoxy) is 1. The number of benzene rings is 1. The molecule has 0 aliphatic heterocycles. The molecule has 1 unspecified atom stereocenters. The maximum atomic E-state index is 13.3. The maximum absolute atomic E-state index is 13.3. The fourth-order valence-corrected chi connectivity index (χ4v) is 3.19. The number of carbonyl (C=O) groups excluding carboxylic acids is 3. The molecule has 3 amide bonds. The van der Waals surface area contributed by atoms with E-state index in [1.807, 2.05) is 52.8 Å².